The molecule has 1 fully saturated rings. The minimum absolute atomic E-state index is 0.0496. The fraction of sp³-hybridized carbons (Fsp3) is 0.529. The summed E-state index contributed by atoms with van der Waals surface area (Å²) in [6.07, 6.45) is 6.46. The molecule has 1 aliphatic rings. The molecule has 0 atom stereocenters. The Balaban J connectivity index is 2.47. The number of ether oxygens (including phenoxy) is 3. The van der Waals surface area contributed by atoms with Crippen molar-refractivity contribution in [2.45, 2.75) is 38.1 Å². The summed E-state index contributed by atoms with van der Waals surface area (Å²) in [5.74, 6) is 0.282. The smallest absolute Gasteiger partial charge is 0.342 e. The number of hydroxylamine groups is 1. The average molecular weight is 321 g/mol. The lowest BCUT2D eigenvalue weighted by Gasteiger charge is -2.21. The molecule has 1 aromatic rings. The molecule has 0 spiro atoms. The van der Waals surface area contributed by atoms with Gasteiger partial charge in [0.2, 0.25) is 0 Å². The predicted octanol–water partition coefficient (Wildman–Crippen LogP) is 2.75. The van der Waals surface area contributed by atoms with Crippen molar-refractivity contribution >= 4 is 12.2 Å². The summed E-state index contributed by atoms with van der Waals surface area (Å²) in [7, 11) is 4.28. The summed E-state index contributed by atoms with van der Waals surface area (Å²) >= 11 is 0. The molecule has 6 nitrogen and oxygen atoms in total. The van der Waals surface area contributed by atoms with E-state index in [9.17, 15) is 10.0 Å². The van der Waals surface area contributed by atoms with Crippen LogP contribution < -0.4 is 9.47 Å². The van der Waals surface area contributed by atoms with Crippen LogP contribution in [0.15, 0.2) is 12.1 Å². The van der Waals surface area contributed by atoms with Gasteiger partial charge >= 0.3 is 5.97 Å². The Bertz CT molecular complexity index is 591. The van der Waals surface area contributed by atoms with Crippen LogP contribution in [-0.2, 0) is 4.74 Å². The van der Waals surface area contributed by atoms with Gasteiger partial charge in [-0.25, -0.2) is 9.53 Å². The lowest BCUT2D eigenvalue weighted by molar-refractivity contribution is -0.500. The molecular formula is C17H23NO5. The Labute approximate surface area is 136 Å². The van der Waals surface area contributed by atoms with E-state index in [0.29, 0.717) is 17.1 Å². The van der Waals surface area contributed by atoms with Crippen LogP contribution in [0.25, 0.3) is 0 Å². The van der Waals surface area contributed by atoms with E-state index in [1.807, 2.05) is 0 Å². The van der Waals surface area contributed by atoms with Gasteiger partial charge in [-0.1, -0.05) is 6.42 Å². The molecule has 126 valence electrons. The molecule has 1 aromatic carbocycles. The molecule has 1 saturated carbocycles. The first kappa shape index (κ1) is 17.1. The van der Waals surface area contributed by atoms with Crippen molar-refractivity contribution in [3.05, 3.63) is 28.5 Å². The fourth-order valence-electron chi connectivity index (χ4n) is 2.89. The quantitative estimate of drug-likeness (QED) is 0.274. The maximum absolute atomic E-state index is 12.5. The molecule has 0 aliphatic heterocycles. The van der Waals surface area contributed by atoms with E-state index in [1.165, 1.54) is 34.0 Å². The van der Waals surface area contributed by atoms with Gasteiger partial charge < -0.3 is 19.4 Å². The first-order chi connectivity index (χ1) is 11.1. The number of benzene rings is 1. The highest BCUT2D eigenvalue weighted by Gasteiger charge is 2.24. The van der Waals surface area contributed by atoms with Crippen LogP contribution in [0.4, 0.5) is 0 Å². The van der Waals surface area contributed by atoms with Crippen molar-refractivity contribution in [3.8, 4) is 11.5 Å². The van der Waals surface area contributed by atoms with E-state index >= 15 is 0 Å². The molecule has 23 heavy (non-hydrogen) atoms. The Morgan fingerprint density at radius 3 is 2.43 bits per heavy atom. The molecule has 0 bridgehead atoms. The third-order valence-corrected chi connectivity index (χ3v) is 4.15. The minimum atomic E-state index is -0.548. The zero-order valence-corrected chi connectivity index (χ0v) is 13.8. The topological polar surface area (TPSA) is 70.8 Å². The van der Waals surface area contributed by atoms with E-state index in [2.05, 4.69) is 0 Å². The Hall–Kier alpha value is -2.24. The fourth-order valence-corrected chi connectivity index (χ4v) is 2.89. The molecular weight excluding hydrogens is 298 g/mol. The molecule has 0 N–H and O–H groups in total. The number of hydrogen-bond donors (Lipinski definition) is 0. The second-order valence-electron chi connectivity index (χ2n) is 5.57. The molecule has 0 amide bonds. The van der Waals surface area contributed by atoms with Crippen molar-refractivity contribution in [3.63, 3.8) is 0 Å². The maximum Gasteiger partial charge on any atom is 0.342 e. The zero-order chi connectivity index (χ0) is 16.8. The Morgan fingerprint density at radius 1 is 1.17 bits per heavy atom. The Morgan fingerprint density at radius 2 is 1.87 bits per heavy atom. The minimum Gasteiger partial charge on any atom is -0.624 e. The molecule has 0 unspecified atom stereocenters. The van der Waals surface area contributed by atoms with Gasteiger partial charge in [0, 0.05) is 18.9 Å². The van der Waals surface area contributed by atoms with Crippen molar-refractivity contribution < 1.29 is 23.7 Å². The summed E-state index contributed by atoms with van der Waals surface area (Å²) in [6.45, 7) is 0. The van der Waals surface area contributed by atoms with E-state index in [0.717, 1.165) is 30.4 Å². The summed E-state index contributed by atoms with van der Waals surface area (Å²) in [5.41, 5.74) is 0.668. The van der Waals surface area contributed by atoms with E-state index in [1.54, 1.807) is 12.1 Å². The van der Waals surface area contributed by atoms with Crippen LogP contribution in [-0.4, -0.2) is 44.3 Å². The highest BCUT2D eigenvalue weighted by atomic mass is 16.5. The number of esters is 1. The SMILES string of the molecule is COC(=O)c1c(/C=[N+](\[O-])C2CCCCC2)cc(OC)cc1OC. The monoisotopic (exact) mass is 321 g/mol. The lowest BCUT2D eigenvalue weighted by Crippen LogP contribution is -2.25. The van der Waals surface area contributed by atoms with Crippen LogP contribution in [0, 0.1) is 5.21 Å². The summed E-state index contributed by atoms with van der Waals surface area (Å²) in [5, 5.41) is 12.5. The molecule has 1 aliphatic carbocycles. The van der Waals surface area contributed by atoms with Crippen molar-refractivity contribution in [1.82, 2.24) is 0 Å². The van der Waals surface area contributed by atoms with Gasteiger partial charge in [-0.2, -0.15) is 0 Å². The third-order valence-electron chi connectivity index (χ3n) is 4.15. The number of carbonyl (C=O) groups is 1. The summed E-state index contributed by atoms with van der Waals surface area (Å²) in [4.78, 5) is 12.1. The van der Waals surface area contributed by atoms with Crippen LogP contribution in [0.1, 0.15) is 48.0 Å². The van der Waals surface area contributed by atoms with E-state index in [4.69, 9.17) is 14.2 Å². The first-order valence-corrected chi connectivity index (χ1v) is 7.75. The zero-order valence-electron chi connectivity index (χ0n) is 13.8. The van der Waals surface area contributed by atoms with Crippen LogP contribution in [0.5, 0.6) is 11.5 Å². The largest absolute Gasteiger partial charge is 0.624 e. The average Bonchev–Trinajstić information content (AvgIpc) is 2.60. The van der Waals surface area contributed by atoms with E-state index < -0.39 is 5.97 Å². The number of hydrogen-bond acceptors (Lipinski definition) is 5. The van der Waals surface area contributed by atoms with E-state index in [-0.39, 0.29) is 11.6 Å². The Kier molecular flexibility index (Phi) is 5.84. The predicted molar refractivity (Wildman–Crippen MR) is 86.6 cm³/mol. The third kappa shape index (κ3) is 3.94. The van der Waals surface area contributed by atoms with Gasteiger partial charge in [0.05, 0.1) is 26.9 Å². The second kappa shape index (κ2) is 7.85. The molecule has 0 heterocycles. The van der Waals surface area contributed by atoms with Crippen molar-refractivity contribution in [1.29, 1.82) is 0 Å². The van der Waals surface area contributed by atoms with Gasteiger partial charge in [-0.3, -0.25) is 0 Å². The van der Waals surface area contributed by atoms with Gasteiger partial charge in [-0.05, 0) is 18.9 Å². The van der Waals surface area contributed by atoms with Crippen LogP contribution >= 0.6 is 0 Å². The van der Waals surface area contributed by atoms with Crippen LogP contribution in [0.3, 0.4) is 0 Å². The first-order valence-electron chi connectivity index (χ1n) is 7.75. The second-order valence-corrected chi connectivity index (χ2v) is 5.57. The molecule has 2 rings (SSSR count). The molecule has 0 aromatic heterocycles. The summed E-state index contributed by atoms with van der Waals surface area (Å²) in [6, 6.07) is 3.19. The highest BCUT2D eigenvalue weighted by Crippen LogP contribution is 2.29. The van der Waals surface area contributed by atoms with Gasteiger partial charge in [0.25, 0.3) is 0 Å². The number of rotatable bonds is 5. The van der Waals surface area contributed by atoms with Gasteiger partial charge in [0.15, 0.2) is 12.3 Å². The van der Waals surface area contributed by atoms with Crippen molar-refractivity contribution in [2.75, 3.05) is 21.3 Å². The van der Waals surface area contributed by atoms with Gasteiger partial charge in [0.1, 0.15) is 17.1 Å². The number of methoxy groups -OCH3 is 3. The molecule has 6 heteroatoms. The van der Waals surface area contributed by atoms with Gasteiger partial charge in [-0.15, -0.1) is 0 Å². The summed E-state index contributed by atoms with van der Waals surface area (Å²) < 4.78 is 16.2. The van der Waals surface area contributed by atoms with Crippen LogP contribution in [0.2, 0.25) is 0 Å². The lowest BCUT2D eigenvalue weighted by atomic mass is 9.95. The maximum atomic E-state index is 12.5. The van der Waals surface area contributed by atoms with Crippen molar-refractivity contribution in [2.24, 2.45) is 0 Å². The molecule has 0 radical (unpaired) electrons. The number of carbonyl (C=O) groups excluding carboxylic acids is 1. The number of nitrogens with zero attached hydrogens (tertiary/aromatic N) is 1. The highest BCUT2D eigenvalue weighted by molar-refractivity contribution is 6.01. The standard InChI is InChI=1S/C17H23NO5/c1-21-14-9-12(11-18(20)13-7-5-4-6-8-13)16(17(19)23-3)15(10-14)22-2/h9-11,13H,4-8H2,1-3H3/b18-11-. The molecule has 0 saturated heterocycles. The normalized spacial score (nSPS) is 16.0.